The topological polar surface area (TPSA) is 55.0 Å². The number of aromatic amines is 1. The van der Waals surface area contributed by atoms with Gasteiger partial charge in [-0.25, -0.2) is 0 Å². The molecular formula is C16H17ClN2O2. The third-order valence-corrected chi connectivity index (χ3v) is 4.10. The van der Waals surface area contributed by atoms with Crippen molar-refractivity contribution in [1.82, 2.24) is 9.97 Å². The lowest BCUT2D eigenvalue weighted by Crippen LogP contribution is -2.32. The van der Waals surface area contributed by atoms with Crippen molar-refractivity contribution in [2.75, 3.05) is 0 Å². The van der Waals surface area contributed by atoms with Crippen LogP contribution in [0.2, 0.25) is 5.02 Å². The van der Waals surface area contributed by atoms with Crippen molar-refractivity contribution in [1.29, 1.82) is 0 Å². The fourth-order valence-corrected chi connectivity index (χ4v) is 3.01. The number of nitrogens with one attached hydrogen (secondary N) is 1. The Morgan fingerprint density at radius 2 is 2.00 bits per heavy atom. The number of nitrogens with zero attached hydrogens (tertiary/aromatic N) is 1. The Labute approximate surface area is 128 Å². The summed E-state index contributed by atoms with van der Waals surface area (Å²) >= 11 is 5.95. The molecule has 0 spiro atoms. The van der Waals surface area contributed by atoms with Crippen LogP contribution in [0.25, 0.3) is 0 Å². The minimum atomic E-state index is -0.525. The van der Waals surface area contributed by atoms with Crippen LogP contribution in [0.1, 0.15) is 43.6 Å². The van der Waals surface area contributed by atoms with E-state index in [0.717, 1.165) is 5.56 Å². The van der Waals surface area contributed by atoms with Gasteiger partial charge in [-0.2, -0.15) is 4.98 Å². The van der Waals surface area contributed by atoms with Crippen molar-refractivity contribution in [2.24, 2.45) is 0 Å². The lowest BCUT2D eigenvalue weighted by molar-refractivity contribution is 0.117. The molecule has 3 rings (SSSR count). The second kappa shape index (κ2) is 4.88. The molecule has 0 saturated carbocycles. The van der Waals surface area contributed by atoms with Gasteiger partial charge < -0.3 is 9.72 Å². The van der Waals surface area contributed by atoms with Crippen molar-refractivity contribution in [3.63, 3.8) is 0 Å². The van der Waals surface area contributed by atoms with E-state index in [9.17, 15) is 4.79 Å². The molecule has 4 nitrogen and oxygen atoms in total. The fraction of sp³-hybridized carbons (Fsp3) is 0.375. The summed E-state index contributed by atoms with van der Waals surface area (Å²) in [6.45, 7) is 5.89. The van der Waals surface area contributed by atoms with E-state index in [-0.39, 0.29) is 11.5 Å². The van der Waals surface area contributed by atoms with Crippen LogP contribution in [-0.2, 0) is 6.42 Å². The van der Waals surface area contributed by atoms with Gasteiger partial charge in [0.25, 0.3) is 5.56 Å². The molecule has 21 heavy (non-hydrogen) atoms. The Morgan fingerprint density at radius 3 is 2.62 bits per heavy atom. The van der Waals surface area contributed by atoms with Gasteiger partial charge in [0.2, 0.25) is 5.88 Å². The average Bonchev–Trinajstić information content (AvgIpc) is 2.70. The molecular weight excluding hydrogens is 288 g/mol. The molecule has 0 aliphatic carbocycles. The Hall–Kier alpha value is -1.81. The third-order valence-electron chi connectivity index (χ3n) is 3.85. The van der Waals surface area contributed by atoms with Gasteiger partial charge in [-0.15, -0.1) is 0 Å². The Bertz CT molecular complexity index is 735. The van der Waals surface area contributed by atoms with E-state index < -0.39 is 5.60 Å². The van der Waals surface area contributed by atoms with Crippen LogP contribution in [0.3, 0.4) is 0 Å². The highest BCUT2D eigenvalue weighted by molar-refractivity contribution is 6.30. The predicted octanol–water partition coefficient (Wildman–Crippen LogP) is 3.29. The van der Waals surface area contributed by atoms with Gasteiger partial charge in [0.05, 0.1) is 11.5 Å². The molecule has 0 radical (unpaired) electrons. The Kier molecular flexibility index (Phi) is 3.29. The molecule has 1 aromatic carbocycles. The first-order valence-corrected chi connectivity index (χ1v) is 7.37. The van der Waals surface area contributed by atoms with E-state index in [2.05, 4.69) is 9.97 Å². The fourth-order valence-electron chi connectivity index (χ4n) is 2.89. The summed E-state index contributed by atoms with van der Waals surface area (Å²) in [6.07, 6.45) is 0.665. The Morgan fingerprint density at radius 1 is 1.33 bits per heavy atom. The van der Waals surface area contributed by atoms with Crippen LogP contribution in [0.15, 0.2) is 29.1 Å². The molecule has 1 aliphatic heterocycles. The maximum atomic E-state index is 12.4. The van der Waals surface area contributed by atoms with Crippen molar-refractivity contribution >= 4 is 11.6 Å². The number of aryl methyl sites for hydroxylation is 1. The van der Waals surface area contributed by atoms with Gasteiger partial charge in [-0.1, -0.05) is 30.7 Å². The summed E-state index contributed by atoms with van der Waals surface area (Å²) in [5.74, 6) is 0.929. The molecule has 5 heteroatoms. The van der Waals surface area contributed by atoms with Gasteiger partial charge in [0.15, 0.2) is 0 Å². The van der Waals surface area contributed by atoms with E-state index in [1.807, 2.05) is 45.0 Å². The highest BCUT2D eigenvalue weighted by Gasteiger charge is 2.45. The van der Waals surface area contributed by atoms with E-state index >= 15 is 0 Å². The average molecular weight is 305 g/mol. The molecule has 1 aliphatic rings. The number of halogens is 1. The number of hydrogen-bond acceptors (Lipinski definition) is 3. The standard InChI is InChI=1S/C16H17ClN2O2/c1-4-11-18-14(20)12-13(9-5-7-10(17)8-6-9)16(2,3)21-15(12)19-11/h5-8,13H,4H2,1-3H3,(H,18,19,20)/t13-/m1/s1. The van der Waals surface area contributed by atoms with Crippen molar-refractivity contribution in [2.45, 2.75) is 38.7 Å². The van der Waals surface area contributed by atoms with Crippen LogP contribution in [0.5, 0.6) is 5.88 Å². The normalized spacial score (nSPS) is 19.1. The number of fused-ring (bicyclic) bond motifs is 1. The summed E-state index contributed by atoms with van der Waals surface area (Å²) in [5, 5.41) is 0.670. The smallest absolute Gasteiger partial charge is 0.258 e. The van der Waals surface area contributed by atoms with E-state index in [1.54, 1.807) is 0 Å². The summed E-state index contributed by atoms with van der Waals surface area (Å²) in [4.78, 5) is 19.7. The summed E-state index contributed by atoms with van der Waals surface area (Å²) in [5.41, 5.74) is 0.948. The number of H-pyrrole nitrogens is 1. The molecule has 1 aromatic heterocycles. The van der Waals surface area contributed by atoms with E-state index in [4.69, 9.17) is 16.3 Å². The largest absolute Gasteiger partial charge is 0.470 e. The third kappa shape index (κ3) is 2.33. The predicted molar refractivity (Wildman–Crippen MR) is 82.2 cm³/mol. The second-order valence-corrected chi connectivity index (χ2v) is 6.21. The van der Waals surface area contributed by atoms with E-state index in [0.29, 0.717) is 28.7 Å². The minimum absolute atomic E-state index is 0.123. The molecule has 0 unspecified atom stereocenters. The second-order valence-electron chi connectivity index (χ2n) is 5.78. The van der Waals surface area contributed by atoms with Gasteiger partial charge in [-0.3, -0.25) is 4.79 Å². The molecule has 110 valence electrons. The minimum Gasteiger partial charge on any atom is -0.470 e. The lowest BCUT2D eigenvalue weighted by Gasteiger charge is -2.26. The van der Waals surface area contributed by atoms with Crippen molar-refractivity contribution in [3.8, 4) is 5.88 Å². The van der Waals surface area contributed by atoms with Crippen molar-refractivity contribution in [3.05, 3.63) is 56.6 Å². The van der Waals surface area contributed by atoms with Gasteiger partial charge in [0, 0.05) is 11.4 Å². The van der Waals surface area contributed by atoms with Crippen molar-refractivity contribution < 1.29 is 4.74 Å². The summed E-state index contributed by atoms with van der Waals surface area (Å²) < 4.78 is 5.95. The Balaban J connectivity index is 2.18. The molecule has 0 amide bonds. The first-order valence-electron chi connectivity index (χ1n) is 7.00. The quantitative estimate of drug-likeness (QED) is 0.926. The summed E-state index contributed by atoms with van der Waals surface area (Å²) in [6, 6.07) is 7.51. The highest BCUT2D eigenvalue weighted by Crippen LogP contribution is 2.45. The number of hydrogen-bond donors (Lipinski definition) is 1. The van der Waals surface area contributed by atoms with Crippen LogP contribution in [0, 0.1) is 0 Å². The molecule has 2 heterocycles. The number of rotatable bonds is 2. The molecule has 0 fully saturated rings. The zero-order chi connectivity index (χ0) is 15.2. The maximum absolute atomic E-state index is 12.4. The number of benzene rings is 1. The first-order chi connectivity index (χ1) is 9.92. The highest BCUT2D eigenvalue weighted by atomic mass is 35.5. The van der Waals surface area contributed by atoms with Gasteiger partial charge in [-0.05, 0) is 31.5 Å². The lowest BCUT2D eigenvalue weighted by atomic mass is 9.82. The molecule has 2 aromatic rings. The SMILES string of the molecule is CCc1nc2c(c(=O)[nH]1)[C@@H](c1ccc(Cl)cc1)C(C)(C)O2. The number of ether oxygens (including phenoxy) is 1. The van der Waals surface area contributed by atoms with Gasteiger partial charge >= 0.3 is 0 Å². The summed E-state index contributed by atoms with van der Waals surface area (Å²) in [7, 11) is 0. The molecule has 0 bridgehead atoms. The van der Waals surface area contributed by atoms with Gasteiger partial charge in [0.1, 0.15) is 11.4 Å². The van der Waals surface area contributed by atoms with E-state index in [1.165, 1.54) is 0 Å². The number of aromatic nitrogens is 2. The van der Waals surface area contributed by atoms with Crippen LogP contribution >= 0.6 is 11.6 Å². The molecule has 0 saturated heterocycles. The monoisotopic (exact) mass is 304 g/mol. The maximum Gasteiger partial charge on any atom is 0.258 e. The molecule has 1 N–H and O–H groups in total. The van der Waals surface area contributed by atoms with Crippen LogP contribution in [-0.4, -0.2) is 15.6 Å². The zero-order valence-corrected chi connectivity index (χ0v) is 13.0. The molecule has 1 atom stereocenters. The van der Waals surface area contributed by atoms with Crippen LogP contribution < -0.4 is 10.3 Å². The van der Waals surface area contributed by atoms with Crippen LogP contribution in [0.4, 0.5) is 0 Å². The zero-order valence-electron chi connectivity index (χ0n) is 12.2. The first kappa shape index (κ1) is 14.1.